The molecule has 98 heavy (non-hydrogen) atoms. The number of esters is 2. The second-order valence-electron chi connectivity index (χ2n) is 24.1. The van der Waals surface area contributed by atoms with Crippen LogP contribution >= 0.6 is 45.9 Å². The van der Waals surface area contributed by atoms with Gasteiger partial charge in [-0.15, -0.1) is 22.7 Å². The number of carbonyl (C=O) groups is 7. The smallest absolute Gasteiger partial charge is 0.338 e. The van der Waals surface area contributed by atoms with Crippen LogP contribution in [0.4, 0.5) is 29.7 Å². The number of nitrogens with one attached hydrogen (secondary N) is 3. The fraction of sp³-hybridized carbons (Fsp3) is 0.368. The highest BCUT2D eigenvalue weighted by Gasteiger charge is 2.45. The number of amides is 5. The van der Waals surface area contributed by atoms with Crippen LogP contribution in [0.3, 0.4) is 0 Å². The van der Waals surface area contributed by atoms with Crippen LogP contribution in [0.25, 0.3) is 0 Å². The second-order valence-corrected chi connectivity index (χ2v) is 26.7. The van der Waals surface area contributed by atoms with E-state index in [2.05, 4.69) is 35.7 Å². The summed E-state index contributed by atoms with van der Waals surface area (Å²) in [6.45, 7) is 8.62. The number of aryl methyl sites for hydroxylation is 1. The van der Waals surface area contributed by atoms with E-state index in [0.717, 1.165) is 11.3 Å². The maximum Gasteiger partial charge on any atom is 0.338 e. The van der Waals surface area contributed by atoms with Crippen molar-refractivity contribution in [2.45, 2.75) is 76.2 Å². The molecule has 4 fully saturated rings. The van der Waals surface area contributed by atoms with Crippen LogP contribution < -0.4 is 31.5 Å². The molecular weight excluding hydrogens is 1350 g/mol. The predicted molar refractivity (Wildman–Crippen MR) is 367 cm³/mol. The molecule has 5 amide bonds. The zero-order valence-electron chi connectivity index (χ0n) is 53.8. The number of ketones is 1. The lowest BCUT2D eigenvalue weighted by atomic mass is 9.95. The van der Waals surface area contributed by atoms with Gasteiger partial charge in [-0.25, -0.2) is 37.9 Å². The van der Waals surface area contributed by atoms with E-state index in [9.17, 15) is 42.3 Å². The third kappa shape index (κ3) is 16.4. The Morgan fingerprint density at radius 2 is 1.19 bits per heavy atom. The van der Waals surface area contributed by atoms with E-state index in [1.54, 1.807) is 53.4 Å². The molecule has 4 aromatic carbocycles. The molecule has 0 spiro atoms. The third-order valence-electron chi connectivity index (χ3n) is 17.6. The van der Waals surface area contributed by atoms with Crippen molar-refractivity contribution < 1.29 is 56.9 Å². The molecule has 6 aliphatic rings. The first kappa shape index (κ1) is 70.3. The van der Waals surface area contributed by atoms with Crippen LogP contribution in [-0.2, 0) is 46.3 Å². The summed E-state index contributed by atoms with van der Waals surface area (Å²) in [5.41, 5.74) is 11.5. The number of carboxylic acids is 1. The van der Waals surface area contributed by atoms with Crippen LogP contribution in [0.1, 0.15) is 77.5 Å². The molecular formula is C68H72Cl2F2N14O10S2. The molecule has 2 aromatic heterocycles. The molecule has 0 aliphatic carbocycles. The highest BCUT2D eigenvalue weighted by Crippen LogP contribution is 2.40. The monoisotopic (exact) mass is 1420 g/mol. The lowest BCUT2D eigenvalue weighted by Crippen LogP contribution is -2.53. The van der Waals surface area contributed by atoms with Crippen molar-refractivity contribution in [3.05, 3.63) is 185 Å². The number of ether oxygens (including phenoxy) is 2. The predicted octanol–water partition coefficient (Wildman–Crippen LogP) is 7.92. The maximum absolute atomic E-state index is 14.0. The summed E-state index contributed by atoms with van der Waals surface area (Å²) in [6.07, 6.45) is 5.29. The third-order valence-corrected chi connectivity index (χ3v) is 19.8. The molecule has 6 aliphatic heterocycles. The standard InChI is InChI=1S/C37H42ClFN8O5S.C31H30ClFN6O5S/c1-22(48)29(40)4-3-13-41-31(49)12-7-23-5-9-25(10-6-23)47-20-26-19-45(15-16-46(26)37(47)51)21-30-32(36(50)52-2)33(27-11-8-24(39)18-28(27)38)44-34(43-30)35-42-14-17-53-35;1-2-44-30(42)26-24(35-28(29-34-9-12-45-29)36-27(26)22-8-5-19(33)14-23(22)32)17-37-10-11-38-21(15-37)16-39(31(38)43)20-6-3-18(4-7-20)13-25(40)41/h5-6,8-11,14,17-18,26,29,33H,3-4,7,12-13,15-16,19-21,40H2,1-2H3,(H,41,49)(H,43,44);3-9,12,14,21,27H,2,10-11,13,15-17H2,1H3,(H,35,36)(H,40,41)/t26-,29-,33-;21-,27-/m00/s1. The molecule has 4 saturated heterocycles. The Balaban J connectivity index is 0.000000201. The molecule has 6 aromatic rings. The number of carbonyl (C=O) groups excluding carboxylic acids is 6. The minimum absolute atomic E-state index is 0.0587. The largest absolute Gasteiger partial charge is 0.481 e. The number of urea groups is 2. The van der Waals surface area contributed by atoms with Crippen molar-refractivity contribution in [2.75, 3.05) is 95.5 Å². The van der Waals surface area contributed by atoms with E-state index in [1.807, 2.05) is 44.8 Å². The number of anilines is 2. The van der Waals surface area contributed by atoms with Crippen molar-refractivity contribution in [3.63, 3.8) is 0 Å². The SMILES string of the molecule is CCOC(=O)C1=C(CN2CCN3C(=O)N(c4ccc(CC(=O)O)cc4)C[C@@H]3C2)NC(c2nccs2)=N[C@H]1c1ccc(F)cc1Cl.COC(=O)C1=C(CN2CCN3C(=O)N(c4ccc(CCC(=O)NCCC[C@H](N)C(C)=O)cc4)C[C@@H]3C2)NC(c2nccs2)=N[C@H]1c1ccc(F)cc1Cl. The molecule has 12 rings (SSSR count). The van der Waals surface area contributed by atoms with Gasteiger partial charge in [0.15, 0.2) is 21.7 Å². The highest BCUT2D eigenvalue weighted by atomic mass is 35.5. The number of piperazine rings is 2. The lowest BCUT2D eigenvalue weighted by molar-refractivity contribution is -0.139. The number of methoxy groups -OCH3 is 1. The van der Waals surface area contributed by atoms with Gasteiger partial charge in [-0.05, 0) is 92.8 Å². The van der Waals surface area contributed by atoms with E-state index in [1.165, 1.54) is 73.1 Å². The van der Waals surface area contributed by atoms with Crippen LogP contribution in [0.15, 0.2) is 141 Å². The summed E-state index contributed by atoms with van der Waals surface area (Å²) in [7, 11) is 1.30. The van der Waals surface area contributed by atoms with Crippen molar-refractivity contribution in [1.82, 2.24) is 45.5 Å². The van der Waals surface area contributed by atoms with Crippen LogP contribution in [0.2, 0.25) is 10.0 Å². The molecule has 6 N–H and O–H groups in total. The van der Waals surface area contributed by atoms with E-state index in [4.69, 9.17) is 53.5 Å². The fourth-order valence-electron chi connectivity index (χ4n) is 12.7. The summed E-state index contributed by atoms with van der Waals surface area (Å²) in [5.74, 6) is -2.26. The zero-order chi connectivity index (χ0) is 69.3. The first-order valence-electron chi connectivity index (χ1n) is 31.9. The van der Waals surface area contributed by atoms with Crippen molar-refractivity contribution in [1.29, 1.82) is 0 Å². The molecule has 514 valence electrons. The maximum atomic E-state index is 14.0. The second kappa shape index (κ2) is 31.7. The molecule has 0 bridgehead atoms. The van der Waals surface area contributed by atoms with Gasteiger partial charge in [-0.1, -0.05) is 59.6 Å². The molecule has 0 unspecified atom stereocenters. The summed E-state index contributed by atoms with van der Waals surface area (Å²) in [4.78, 5) is 118. The number of amidine groups is 2. The zero-order valence-corrected chi connectivity index (χ0v) is 56.9. The van der Waals surface area contributed by atoms with Crippen LogP contribution in [-0.4, -0.2) is 192 Å². The van der Waals surface area contributed by atoms with E-state index >= 15 is 0 Å². The number of Topliss-reactive ketones (excluding diaryl/α,β-unsaturated/α-hetero) is 1. The number of carboxylic acid groups (broad SMARTS) is 1. The Labute approximate surface area is 581 Å². The average Bonchev–Trinajstić information content (AvgIpc) is 1.53. The molecule has 0 radical (unpaired) electrons. The minimum atomic E-state index is -0.914. The average molecular weight is 1420 g/mol. The molecule has 30 heteroatoms. The number of nitrogens with two attached hydrogens (primary N) is 1. The van der Waals surface area contributed by atoms with Gasteiger partial charge >= 0.3 is 30.0 Å². The number of benzene rings is 4. The number of rotatable bonds is 23. The number of aliphatic carboxylic acids is 1. The fourth-order valence-corrected chi connectivity index (χ4v) is 14.4. The number of nitrogens with zero attached hydrogens (tertiary/aromatic N) is 10. The van der Waals surface area contributed by atoms with Crippen molar-refractivity contribution in [3.8, 4) is 0 Å². The summed E-state index contributed by atoms with van der Waals surface area (Å²) in [5, 5.41) is 23.8. The number of hydrogen-bond acceptors (Lipinski definition) is 20. The van der Waals surface area contributed by atoms with Gasteiger partial charge in [0.2, 0.25) is 5.91 Å². The van der Waals surface area contributed by atoms with E-state index < -0.39 is 47.7 Å². The first-order chi connectivity index (χ1) is 47.2. The van der Waals surface area contributed by atoms with Crippen LogP contribution in [0.5, 0.6) is 0 Å². The van der Waals surface area contributed by atoms with Gasteiger partial charge < -0.3 is 46.1 Å². The number of thiazole rings is 2. The summed E-state index contributed by atoms with van der Waals surface area (Å²) >= 11 is 15.8. The molecule has 5 atom stereocenters. The number of aromatic nitrogens is 2. The number of halogens is 4. The summed E-state index contributed by atoms with van der Waals surface area (Å²) < 4.78 is 38.7. The summed E-state index contributed by atoms with van der Waals surface area (Å²) in [6, 6.07) is 20.1. The van der Waals surface area contributed by atoms with Crippen molar-refractivity contribution >= 4 is 111 Å². The Bertz CT molecular complexity index is 4110. The van der Waals surface area contributed by atoms with Gasteiger partial charge in [0, 0.05) is 146 Å². The molecule has 8 heterocycles. The first-order valence-corrected chi connectivity index (χ1v) is 34.4. The highest BCUT2D eigenvalue weighted by molar-refractivity contribution is 7.12. The lowest BCUT2D eigenvalue weighted by Gasteiger charge is -2.38. The van der Waals surface area contributed by atoms with Gasteiger partial charge in [-0.3, -0.25) is 44.0 Å². The van der Waals surface area contributed by atoms with E-state index in [-0.39, 0.29) is 70.1 Å². The molecule has 24 nitrogen and oxygen atoms in total. The van der Waals surface area contributed by atoms with Gasteiger partial charge in [0.25, 0.3) is 0 Å². The number of fused-ring (bicyclic) bond motifs is 2. The number of aliphatic imine (C=N–C) groups is 2. The van der Waals surface area contributed by atoms with E-state index in [0.29, 0.717) is 153 Å². The quantitative estimate of drug-likeness (QED) is 0.0301. The Morgan fingerprint density at radius 1 is 0.704 bits per heavy atom. The number of hydrogen-bond donors (Lipinski definition) is 5. The normalized spacial score (nSPS) is 19.8. The van der Waals surface area contributed by atoms with Crippen molar-refractivity contribution in [2.24, 2.45) is 15.7 Å². The Hall–Kier alpha value is -9.03. The van der Waals surface area contributed by atoms with Gasteiger partial charge in [-0.2, -0.15) is 0 Å². The Kier molecular flexibility index (Phi) is 22.7. The minimum Gasteiger partial charge on any atom is -0.481 e. The Morgan fingerprint density at radius 3 is 1.63 bits per heavy atom. The van der Waals surface area contributed by atoms with Crippen LogP contribution in [0, 0.1) is 11.6 Å². The molecule has 0 saturated carbocycles. The topological polar surface area (TPSA) is 290 Å². The van der Waals surface area contributed by atoms with Gasteiger partial charge in [0.1, 0.15) is 29.5 Å². The van der Waals surface area contributed by atoms with Gasteiger partial charge in [0.05, 0.1) is 49.4 Å².